The SMILES string of the molecule is C[C@H](c1ccc(C(F)(F)F)cc1)N(C)C(=O)c1nn(-c2ccccc2Cl)c(-c2ccc(Cl)cc2)c1CC(=O)O. The molecule has 0 spiro atoms. The number of benzene rings is 3. The van der Waals surface area contributed by atoms with Crippen molar-refractivity contribution in [2.75, 3.05) is 7.05 Å². The van der Waals surface area contributed by atoms with Gasteiger partial charge >= 0.3 is 12.1 Å². The number of carbonyl (C=O) groups excluding carboxylic acids is 1. The minimum Gasteiger partial charge on any atom is -0.481 e. The molecule has 11 heteroatoms. The lowest BCUT2D eigenvalue weighted by Gasteiger charge is -2.25. The van der Waals surface area contributed by atoms with E-state index in [2.05, 4.69) is 5.10 Å². The zero-order valence-corrected chi connectivity index (χ0v) is 22.2. The largest absolute Gasteiger partial charge is 0.481 e. The summed E-state index contributed by atoms with van der Waals surface area (Å²) >= 11 is 12.5. The first-order chi connectivity index (χ1) is 18.4. The van der Waals surface area contributed by atoms with Crippen molar-refractivity contribution in [2.24, 2.45) is 0 Å². The lowest BCUT2D eigenvalue weighted by atomic mass is 10.0. The molecule has 0 unspecified atom stereocenters. The molecule has 4 aromatic rings. The molecular weight excluding hydrogens is 554 g/mol. The highest BCUT2D eigenvalue weighted by Gasteiger charge is 2.32. The van der Waals surface area contributed by atoms with Crippen LogP contribution in [0.1, 0.15) is 40.1 Å². The third-order valence-corrected chi connectivity index (χ3v) is 6.91. The average Bonchev–Trinajstić information content (AvgIpc) is 3.25. The Hall–Kier alpha value is -3.82. The maximum absolute atomic E-state index is 13.8. The Bertz CT molecular complexity index is 1520. The van der Waals surface area contributed by atoms with Crippen molar-refractivity contribution in [3.8, 4) is 16.9 Å². The molecule has 1 atom stereocenters. The summed E-state index contributed by atoms with van der Waals surface area (Å²) < 4.78 is 40.4. The van der Waals surface area contributed by atoms with E-state index in [1.54, 1.807) is 55.5 Å². The van der Waals surface area contributed by atoms with Crippen LogP contribution >= 0.6 is 23.2 Å². The predicted molar refractivity (Wildman–Crippen MR) is 142 cm³/mol. The minimum atomic E-state index is -4.49. The van der Waals surface area contributed by atoms with Gasteiger partial charge in [0.15, 0.2) is 5.69 Å². The van der Waals surface area contributed by atoms with E-state index >= 15 is 0 Å². The number of aliphatic carboxylic acids is 1. The molecule has 0 aliphatic heterocycles. The van der Waals surface area contributed by atoms with E-state index < -0.39 is 36.1 Å². The number of halogens is 5. The summed E-state index contributed by atoms with van der Waals surface area (Å²) in [6, 6.07) is 17.3. The number of carboxylic acid groups (broad SMARTS) is 1. The van der Waals surface area contributed by atoms with Crippen molar-refractivity contribution in [2.45, 2.75) is 25.6 Å². The Morgan fingerprint density at radius 3 is 2.18 bits per heavy atom. The van der Waals surface area contributed by atoms with Crippen molar-refractivity contribution in [3.05, 3.63) is 105 Å². The molecule has 1 aromatic heterocycles. The van der Waals surface area contributed by atoms with Gasteiger partial charge < -0.3 is 10.0 Å². The molecule has 1 amide bonds. The van der Waals surface area contributed by atoms with Gasteiger partial charge in [0.05, 0.1) is 34.4 Å². The van der Waals surface area contributed by atoms with Gasteiger partial charge in [0.25, 0.3) is 5.91 Å². The standard InChI is InChI=1S/C28H22Cl2F3N3O3/c1-16(17-7-11-19(12-8-17)28(31,32)33)35(2)27(39)25-21(15-24(37)38)26(18-9-13-20(29)14-10-18)36(34-25)23-6-4-3-5-22(23)30/h3-14,16H,15H2,1-2H3,(H,37,38)/t16-/m1/s1. The van der Waals surface area contributed by atoms with Crippen LogP contribution in [0.5, 0.6) is 0 Å². The van der Waals surface area contributed by atoms with E-state index in [4.69, 9.17) is 23.2 Å². The highest BCUT2D eigenvalue weighted by atomic mass is 35.5. The average molecular weight is 576 g/mol. The molecule has 6 nitrogen and oxygen atoms in total. The molecule has 0 radical (unpaired) electrons. The number of nitrogens with zero attached hydrogens (tertiary/aromatic N) is 3. The highest BCUT2D eigenvalue weighted by molar-refractivity contribution is 6.32. The molecule has 3 aromatic carbocycles. The second-order valence-corrected chi connectivity index (χ2v) is 9.67. The molecule has 0 fully saturated rings. The summed E-state index contributed by atoms with van der Waals surface area (Å²) in [7, 11) is 1.48. The number of alkyl halides is 3. The lowest BCUT2D eigenvalue weighted by molar-refractivity contribution is -0.138. The second kappa shape index (κ2) is 11.1. The van der Waals surface area contributed by atoms with Crippen LogP contribution in [0.2, 0.25) is 10.0 Å². The number of carboxylic acids is 1. The quantitative estimate of drug-likeness (QED) is 0.250. The Morgan fingerprint density at radius 2 is 1.62 bits per heavy atom. The fourth-order valence-electron chi connectivity index (χ4n) is 4.16. The maximum Gasteiger partial charge on any atom is 0.416 e. The van der Waals surface area contributed by atoms with Crippen molar-refractivity contribution in [1.29, 1.82) is 0 Å². The third kappa shape index (κ3) is 5.94. The number of hydrogen-bond acceptors (Lipinski definition) is 3. The van der Waals surface area contributed by atoms with Crippen molar-refractivity contribution >= 4 is 35.1 Å². The van der Waals surface area contributed by atoms with E-state index in [9.17, 15) is 27.9 Å². The van der Waals surface area contributed by atoms with Crippen molar-refractivity contribution < 1.29 is 27.9 Å². The van der Waals surface area contributed by atoms with Crippen molar-refractivity contribution in [1.82, 2.24) is 14.7 Å². The van der Waals surface area contributed by atoms with Gasteiger partial charge in [0.1, 0.15) is 0 Å². The van der Waals surface area contributed by atoms with Gasteiger partial charge in [-0.2, -0.15) is 18.3 Å². The zero-order valence-electron chi connectivity index (χ0n) is 20.7. The van der Waals surface area contributed by atoms with Gasteiger partial charge in [-0.1, -0.05) is 59.6 Å². The molecule has 0 aliphatic rings. The summed E-state index contributed by atoms with van der Waals surface area (Å²) in [4.78, 5) is 27.0. The van der Waals surface area contributed by atoms with Gasteiger partial charge in [-0.25, -0.2) is 4.68 Å². The normalized spacial score (nSPS) is 12.3. The summed E-state index contributed by atoms with van der Waals surface area (Å²) in [6.45, 7) is 1.66. The van der Waals surface area contributed by atoms with Gasteiger partial charge in [0.2, 0.25) is 0 Å². The van der Waals surface area contributed by atoms with Crippen molar-refractivity contribution in [3.63, 3.8) is 0 Å². The number of hydrogen-bond donors (Lipinski definition) is 1. The highest BCUT2D eigenvalue weighted by Crippen LogP contribution is 2.35. The van der Waals surface area contributed by atoms with Crippen LogP contribution < -0.4 is 0 Å². The number of carbonyl (C=O) groups is 2. The monoisotopic (exact) mass is 575 g/mol. The fourth-order valence-corrected chi connectivity index (χ4v) is 4.50. The number of para-hydroxylation sites is 1. The fraction of sp³-hybridized carbons (Fsp3) is 0.179. The first-order valence-corrected chi connectivity index (χ1v) is 12.4. The zero-order chi connectivity index (χ0) is 28.5. The Kier molecular flexibility index (Phi) is 8.04. The van der Waals surface area contributed by atoms with E-state index in [-0.39, 0.29) is 11.3 Å². The summed E-state index contributed by atoms with van der Waals surface area (Å²) in [6.07, 6.45) is -5.01. The number of amides is 1. The molecule has 4 rings (SSSR count). The van der Waals surface area contributed by atoms with E-state index in [0.29, 0.717) is 32.6 Å². The minimum absolute atomic E-state index is 0.122. The molecule has 1 heterocycles. The molecular formula is C28H22Cl2F3N3O3. The molecule has 0 saturated carbocycles. The lowest BCUT2D eigenvalue weighted by Crippen LogP contribution is -2.31. The smallest absolute Gasteiger partial charge is 0.416 e. The maximum atomic E-state index is 13.8. The Balaban J connectivity index is 1.84. The number of aromatic nitrogens is 2. The Morgan fingerprint density at radius 1 is 1.00 bits per heavy atom. The van der Waals surface area contributed by atoms with Crippen LogP contribution in [0, 0.1) is 0 Å². The molecule has 0 aliphatic carbocycles. The van der Waals surface area contributed by atoms with Crippen LogP contribution in [-0.2, 0) is 17.4 Å². The molecule has 202 valence electrons. The van der Waals surface area contributed by atoms with Gasteiger partial charge in [-0.15, -0.1) is 0 Å². The van der Waals surface area contributed by atoms with E-state index in [0.717, 1.165) is 12.1 Å². The summed E-state index contributed by atoms with van der Waals surface area (Å²) in [5.41, 5.74) is 1.02. The molecule has 1 N–H and O–H groups in total. The topological polar surface area (TPSA) is 75.4 Å². The molecule has 39 heavy (non-hydrogen) atoms. The number of rotatable bonds is 7. The van der Waals surface area contributed by atoms with E-state index in [1.807, 2.05) is 0 Å². The third-order valence-electron chi connectivity index (χ3n) is 6.33. The first kappa shape index (κ1) is 28.2. The first-order valence-electron chi connectivity index (χ1n) is 11.7. The molecule has 0 saturated heterocycles. The summed E-state index contributed by atoms with van der Waals surface area (Å²) in [5, 5.41) is 15.1. The van der Waals surface area contributed by atoms with Gasteiger partial charge in [-0.05, 0) is 48.9 Å². The predicted octanol–water partition coefficient (Wildman–Crippen LogP) is 7.33. The second-order valence-electron chi connectivity index (χ2n) is 8.83. The van der Waals surface area contributed by atoms with Crippen LogP contribution in [-0.4, -0.2) is 38.7 Å². The van der Waals surface area contributed by atoms with Gasteiger partial charge in [0, 0.05) is 23.2 Å². The molecule has 0 bridgehead atoms. The van der Waals surface area contributed by atoms with Crippen LogP contribution in [0.4, 0.5) is 13.2 Å². The van der Waals surface area contributed by atoms with Crippen LogP contribution in [0.15, 0.2) is 72.8 Å². The van der Waals surface area contributed by atoms with Crippen LogP contribution in [0.25, 0.3) is 16.9 Å². The van der Waals surface area contributed by atoms with Crippen LogP contribution in [0.3, 0.4) is 0 Å². The van der Waals surface area contributed by atoms with E-state index in [1.165, 1.54) is 28.8 Å². The Labute approximate surface area is 232 Å². The summed E-state index contributed by atoms with van der Waals surface area (Å²) in [5.74, 6) is -1.80. The van der Waals surface area contributed by atoms with Gasteiger partial charge in [-0.3, -0.25) is 9.59 Å².